The molecule has 1 N–H and O–H groups in total. The van der Waals surface area contributed by atoms with Crippen LogP contribution in [-0.4, -0.2) is 76.2 Å². The van der Waals surface area contributed by atoms with Gasteiger partial charge in [0, 0.05) is 30.3 Å². The Morgan fingerprint density at radius 1 is 1.23 bits per heavy atom. The summed E-state index contributed by atoms with van der Waals surface area (Å²) >= 11 is 12.8. The van der Waals surface area contributed by atoms with Crippen LogP contribution in [-0.2, 0) is 0 Å². The molecule has 6 rings (SSSR count). The summed E-state index contributed by atoms with van der Waals surface area (Å²) in [6.07, 6.45) is 2.72. The average Bonchev–Trinajstić information content (AvgIpc) is 3.74. The summed E-state index contributed by atoms with van der Waals surface area (Å²) < 4.78 is 28.3. The first-order valence-electron chi connectivity index (χ1n) is 14.4. The molecular weight excluding hydrogens is 594 g/mol. The monoisotopic (exact) mass is 626 g/mol. The number of hydrogen-bond acceptors (Lipinski definition) is 6. The molecule has 2 aromatic heterocycles. The van der Waals surface area contributed by atoms with Crippen LogP contribution >= 0.6 is 23.2 Å². The number of β-amino-alcohol motifs (C(OH)–C–C–N with tert-alkyl or cyclic N) is 1. The predicted molar refractivity (Wildman–Crippen MR) is 164 cm³/mol. The lowest BCUT2D eigenvalue weighted by Gasteiger charge is -2.31. The zero-order valence-electron chi connectivity index (χ0n) is 24.0. The van der Waals surface area contributed by atoms with E-state index in [1.807, 2.05) is 6.07 Å². The highest BCUT2D eigenvalue weighted by molar-refractivity contribution is 6.43. The first kappa shape index (κ1) is 29.7. The molecule has 0 saturated carbocycles. The maximum atomic E-state index is 14.9. The first-order valence-corrected chi connectivity index (χ1v) is 15.2. The van der Waals surface area contributed by atoms with Crippen LogP contribution in [0.1, 0.15) is 46.9 Å². The number of pyridine rings is 1. The van der Waals surface area contributed by atoms with Gasteiger partial charge in [0.05, 0.1) is 30.5 Å². The van der Waals surface area contributed by atoms with Crippen LogP contribution in [0, 0.1) is 12.7 Å². The topological polar surface area (TPSA) is 79.5 Å². The number of aryl methyl sites for hydroxylation is 1. The van der Waals surface area contributed by atoms with Gasteiger partial charge in [-0.05, 0) is 62.6 Å². The Morgan fingerprint density at radius 3 is 2.84 bits per heavy atom. The highest BCUT2D eigenvalue weighted by atomic mass is 35.5. The minimum atomic E-state index is -0.445. The number of benzene rings is 2. The van der Waals surface area contributed by atoms with Gasteiger partial charge < -0.3 is 19.5 Å². The lowest BCUT2D eigenvalue weighted by molar-refractivity contribution is 0.0618. The van der Waals surface area contributed by atoms with Gasteiger partial charge in [-0.15, -0.1) is 0 Å². The number of nitrogens with zero attached hydrogens (tertiary/aromatic N) is 4. The molecule has 11 heteroatoms. The zero-order valence-corrected chi connectivity index (χ0v) is 25.5. The molecule has 2 aliphatic heterocycles. The number of hydrogen-bond donors (Lipinski definition) is 1. The first-order chi connectivity index (χ1) is 20.8. The SMILES string of the molecule is COc1cccc2nc(C(=O)N(CC[C@@H]3CCCN3CCO)C3COc4c3ccc(Cl)c4Cl)c(-c3ccc(C)c(F)c3)n12. The van der Waals surface area contributed by atoms with Gasteiger partial charge in [-0.3, -0.25) is 14.1 Å². The number of aliphatic hydroxyl groups is 1. The van der Waals surface area contributed by atoms with Crippen LogP contribution in [0.5, 0.6) is 11.6 Å². The second-order valence-corrected chi connectivity index (χ2v) is 11.8. The zero-order chi connectivity index (χ0) is 30.2. The number of halogens is 3. The summed E-state index contributed by atoms with van der Waals surface area (Å²) in [6.45, 7) is 3.90. The normalized spacial score (nSPS) is 18.2. The smallest absolute Gasteiger partial charge is 0.275 e. The maximum Gasteiger partial charge on any atom is 0.275 e. The Balaban J connectivity index is 1.47. The second-order valence-electron chi connectivity index (χ2n) is 11.0. The van der Waals surface area contributed by atoms with Crippen LogP contribution in [0.2, 0.25) is 10.0 Å². The molecule has 0 aliphatic carbocycles. The lowest BCUT2D eigenvalue weighted by Crippen LogP contribution is -2.40. The van der Waals surface area contributed by atoms with Gasteiger partial charge in [0.2, 0.25) is 0 Å². The third-order valence-corrected chi connectivity index (χ3v) is 9.30. The Bertz CT molecular complexity index is 1680. The fourth-order valence-electron chi connectivity index (χ4n) is 6.31. The largest absolute Gasteiger partial charge is 0.489 e. The number of likely N-dealkylation sites (tertiary alicyclic amines) is 1. The number of fused-ring (bicyclic) bond motifs is 2. The molecule has 0 radical (unpaired) electrons. The van der Waals surface area contributed by atoms with E-state index in [2.05, 4.69) is 4.90 Å². The van der Waals surface area contributed by atoms with E-state index in [-0.39, 0.29) is 36.7 Å². The number of ether oxygens (including phenoxy) is 2. The molecule has 1 saturated heterocycles. The van der Waals surface area contributed by atoms with E-state index in [0.29, 0.717) is 63.7 Å². The van der Waals surface area contributed by atoms with Crippen LogP contribution in [0.3, 0.4) is 0 Å². The molecule has 4 heterocycles. The predicted octanol–water partition coefficient (Wildman–Crippen LogP) is 6.19. The number of aliphatic hydroxyl groups excluding tert-OH is 1. The molecule has 43 heavy (non-hydrogen) atoms. The highest BCUT2D eigenvalue weighted by Crippen LogP contribution is 2.45. The fourth-order valence-corrected chi connectivity index (χ4v) is 6.69. The molecule has 1 unspecified atom stereocenters. The summed E-state index contributed by atoms with van der Waals surface area (Å²) in [7, 11) is 1.55. The minimum absolute atomic E-state index is 0.0851. The van der Waals surface area contributed by atoms with E-state index < -0.39 is 6.04 Å². The van der Waals surface area contributed by atoms with Crippen LogP contribution in [0.15, 0.2) is 48.5 Å². The van der Waals surface area contributed by atoms with Crippen molar-refractivity contribution in [2.24, 2.45) is 0 Å². The molecule has 0 bridgehead atoms. The van der Waals surface area contributed by atoms with Crippen molar-refractivity contribution < 1.29 is 23.8 Å². The highest BCUT2D eigenvalue weighted by Gasteiger charge is 2.38. The van der Waals surface area contributed by atoms with Crippen molar-refractivity contribution in [1.82, 2.24) is 19.2 Å². The molecule has 8 nitrogen and oxygen atoms in total. The van der Waals surface area contributed by atoms with E-state index in [1.165, 1.54) is 6.07 Å². The van der Waals surface area contributed by atoms with Gasteiger partial charge in [-0.1, -0.05) is 47.5 Å². The van der Waals surface area contributed by atoms with Gasteiger partial charge >= 0.3 is 0 Å². The quantitative estimate of drug-likeness (QED) is 0.239. The van der Waals surface area contributed by atoms with Gasteiger partial charge in [0.25, 0.3) is 5.91 Å². The Kier molecular flexibility index (Phi) is 8.51. The Morgan fingerprint density at radius 2 is 2.07 bits per heavy atom. The number of imidazole rings is 1. The van der Waals surface area contributed by atoms with Crippen LogP contribution < -0.4 is 9.47 Å². The van der Waals surface area contributed by atoms with Crippen LogP contribution in [0.25, 0.3) is 16.9 Å². The third-order valence-electron chi connectivity index (χ3n) is 8.52. The number of aromatic nitrogens is 2. The maximum absolute atomic E-state index is 14.9. The van der Waals surface area contributed by atoms with Gasteiger partial charge in [0.15, 0.2) is 11.6 Å². The molecule has 2 aliphatic rings. The molecule has 4 aromatic rings. The summed E-state index contributed by atoms with van der Waals surface area (Å²) in [5.41, 5.74) is 2.90. The molecule has 2 aromatic carbocycles. The van der Waals surface area contributed by atoms with Crippen molar-refractivity contribution in [2.45, 2.75) is 38.3 Å². The second kappa shape index (κ2) is 12.3. The van der Waals surface area contributed by atoms with Crippen molar-refractivity contribution in [1.29, 1.82) is 0 Å². The van der Waals surface area contributed by atoms with Crippen molar-refractivity contribution in [2.75, 3.05) is 40.0 Å². The van der Waals surface area contributed by atoms with Crippen LogP contribution in [0.4, 0.5) is 4.39 Å². The third kappa shape index (κ3) is 5.44. The molecule has 1 amide bonds. The summed E-state index contributed by atoms with van der Waals surface area (Å²) in [6, 6.07) is 13.6. The van der Waals surface area contributed by atoms with E-state index in [4.69, 9.17) is 37.7 Å². The van der Waals surface area contributed by atoms with E-state index in [1.54, 1.807) is 59.7 Å². The van der Waals surface area contributed by atoms with Crippen molar-refractivity contribution >= 4 is 34.8 Å². The minimum Gasteiger partial charge on any atom is -0.489 e. The average molecular weight is 628 g/mol. The Labute approximate surface area is 259 Å². The van der Waals surface area contributed by atoms with Crippen molar-refractivity contribution in [3.63, 3.8) is 0 Å². The summed E-state index contributed by atoms with van der Waals surface area (Å²) in [5.74, 6) is 0.235. The van der Waals surface area contributed by atoms with E-state index >= 15 is 0 Å². The molecule has 1 fully saturated rings. The molecule has 0 spiro atoms. The lowest BCUT2D eigenvalue weighted by atomic mass is 10.0. The number of carbonyl (C=O) groups is 1. The van der Waals surface area contributed by atoms with Crippen molar-refractivity contribution in [3.8, 4) is 22.9 Å². The van der Waals surface area contributed by atoms with Gasteiger partial charge in [-0.25, -0.2) is 9.37 Å². The van der Waals surface area contributed by atoms with Crippen molar-refractivity contribution in [3.05, 3.63) is 81.2 Å². The number of rotatable bonds is 9. The fraction of sp³-hybridized carbons (Fsp3) is 0.375. The van der Waals surface area contributed by atoms with E-state index in [0.717, 1.165) is 24.9 Å². The standard InChI is InChI=1S/C32H33Cl2FN4O4/c1-19-8-9-20(17-24(19)35)30-29(36-26-6-3-7-27(42-2)39(26)30)32(41)38(14-12-21-5-4-13-37(21)15-16-40)25-18-43-31-22(25)10-11-23(33)28(31)34/h3,6-11,17,21,25,40H,4-5,12-16,18H2,1-2H3/t21-,25?/m0/s1. The summed E-state index contributed by atoms with van der Waals surface area (Å²) in [4.78, 5) is 23.6. The van der Waals surface area contributed by atoms with Gasteiger partial charge in [0.1, 0.15) is 28.8 Å². The summed E-state index contributed by atoms with van der Waals surface area (Å²) in [5, 5.41) is 10.3. The Hall–Kier alpha value is -3.37. The van der Waals surface area contributed by atoms with E-state index in [9.17, 15) is 14.3 Å². The molecular formula is C32H33Cl2FN4O4. The number of carbonyl (C=O) groups excluding carboxylic acids is 1. The number of amides is 1. The molecule has 226 valence electrons. The molecule has 2 atom stereocenters. The number of methoxy groups -OCH3 is 1. The van der Waals surface area contributed by atoms with Gasteiger partial charge in [-0.2, -0.15) is 0 Å².